The standard InChI is InChI=1S/C15H28O2/c1-5-6-9-14(16)10-7-8-11-15(17)13(4)12(2)3/h13,15,17H,2,5-11H2,1,3-4H3/t13-,15+/m1/s1. The average Bonchev–Trinajstić information content (AvgIpc) is 2.30. The van der Waals surface area contributed by atoms with Gasteiger partial charge < -0.3 is 5.11 Å². The van der Waals surface area contributed by atoms with Crippen LogP contribution in [0.3, 0.4) is 0 Å². The minimum atomic E-state index is -0.307. The second-order valence-corrected chi connectivity index (χ2v) is 5.09. The molecular weight excluding hydrogens is 212 g/mol. The van der Waals surface area contributed by atoms with Crippen molar-refractivity contribution < 1.29 is 9.90 Å². The number of hydrogen-bond donors (Lipinski definition) is 1. The molecule has 0 aliphatic heterocycles. The van der Waals surface area contributed by atoms with Crippen LogP contribution in [0.4, 0.5) is 0 Å². The van der Waals surface area contributed by atoms with Crippen molar-refractivity contribution in [3.05, 3.63) is 12.2 Å². The molecule has 2 atom stereocenters. The van der Waals surface area contributed by atoms with E-state index in [0.29, 0.717) is 12.2 Å². The molecule has 0 rings (SSSR count). The number of ketones is 1. The Hall–Kier alpha value is -0.630. The molecule has 0 heterocycles. The van der Waals surface area contributed by atoms with Gasteiger partial charge in [-0.1, -0.05) is 38.8 Å². The number of hydrogen-bond acceptors (Lipinski definition) is 2. The highest BCUT2D eigenvalue weighted by Gasteiger charge is 2.14. The van der Waals surface area contributed by atoms with Crippen LogP contribution in [0.25, 0.3) is 0 Å². The van der Waals surface area contributed by atoms with Crippen molar-refractivity contribution in [3.8, 4) is 0 Å². The quantitative estimate of drug-likeness (QED) is 0.465. The van der Waals surface area contributed by atoms with E-state index in [9.17, 15) is 9.90 Å². The van der Waals surface area contributed by atoms with Gasteiger partial charge in [0.25, 0.3) is 0 Å². The number of carbonyl (C=O) groups excluding carboxylic acids is 1. The Bertz CT molecular complexity index is 233. The van der Waals surface area contributed by atoms with Gasteiger partial charge in [-0.15, -0.1) is 0 Å². The van der Waals surface area contributed by atoms with Crippen molar-refractivity contribution in [2.24, 2.45) is 5.92 Å². The van der Waals surface area contributed by atoms with E-state index in [1.165, 1.54) is 0 Å². The Morgan fingerprint density at radius 1 is 1.24 bits per heavy atom. The molecule has 0 aromatic carbocycles. The molecular formula is C15H28O2. The zero-order chi connectivity index (χ0) is 13.3. The highest BCUT2D eigenvalue weighted by Crippen LogP contribution is 2.17. The molecule has 17 heavy (non-hydrogen) atoms. The summed E-state index contributed by atoms with van der Waals surface area (Å²) in [4.78, 5) is 11.4. The van der Waals surface area contributed by atoms with Gasteiger partial charge in [0.05, 0.1) is 6.10 Å². The van der Waals surface area contributed by atoms with E-state index in [1.807, 2.05) is 13.8 Å². The van der Waals surface area contributed by atoms with Crippen LogP contribution >= 0.6 is 0 Å². The van der Waals surface area contributed by atoms with Gasteiger partial charge in [-0.25, -0.2) is 0 Å². The predicted molar refractivity (Wildman–Crippen MR) is 73.0 cm³/mol. The van der Waals surface area contributed by atoms with E-state index in [4.69, 9.17) is 0 Å². The molecule has 0 amide bonds. The number of aliphatic hydroxyl groups is 1. The maximum atomic E-state index is 11.4. The lowest BCUT2D eigenvalue weighted by Gasteiger charge is -2.18. The van der Waals surface area contributed by atoms with Crippen molar-refractivity contribution in [1.29, 1.82) is 0 Å². The van der Waals surface area contributed by atoms with E-state index in [-0.39, 0.29) is 12.0 Å². The normalized spacial score (nSPS) is 14.4. The Kier molecular flexibility index (Phi) is 9.06. The van der Waals surface area contributed by atoms with E-state index in [1.54, 1.807) is 0 Å². The van der Waals surface area contributed by atoms with Crippen LogP contribution in [0, 0.1) is 5.92 Å². The summed E-state index contributed by atoms with van der Waals surface area (Å²) in [6, 6.07) is 0. The lowest BCUT2D eigenvalue weighted by molar-refractivity contribution is -0.119. The van der Waals surface area contributed by atoms with Gasteiger partial charge in [-0.05, 0) is 26.2 Å². The predicted octanol–water partition coefficient (Wildman–Crippen LogP) is 3.88. The molecule has 0 saturated carbocycles. The van der Waals surface area contributed by atoms with Crippen LogP contribution < -0.4 is 0 Å². The SMILES string of the molecule is C=C(C)[C@@H](C)[C@@H](O)CCCCC(=O)CCCC. The third kappa shape index (κ3) is 8.14. The van der Waals surface area contributed by atoms with Crippen LogP contribution in [0.5, 0.6) is 0 Å². The largest absolute Gasteiger partial charge is 0.393 e. The lowest BCUT2D eigenvalue weighted by Crippen LogP contribution is -2.18. The molecule has 0 aliphatic rings. The molecule has 0 saturated heterocycles. The smallest absolute Gasteiger partial charge is 0.132 e. The van der Waals surface area contributed by atoms with E-state index >= 15 is 0 Å². The summed E-state index contributed by atoms with van der Waals surface area (Å²) in [6.45, 7) is 9.90. The van der Waals surface area contributed by atoms with Crippen molar-refractivity contribution in [2.75, 3.05) is 0 Å². The first-order valence-corrected chi connectivity index (χ1v) is 6.84. The van der Waals surface area contributed by atoms with Crippen LogP contribution in [0.2, 0.25) is 0 Å². The van der Waals surface area contributed by atoms with Crippen LogP contribution in [0.15, 0.2) is 12.2 Å². The number of Topliss-reactive ketones (excluding diaryl/α,β-unsaturated/α-hetero) is 1. The van der Waals surface area contributed by atoms with Gasteiger partial charge in [0.15, 0.2) is 0 Å². The number of carbonyl (C=O) groups is 1. The number of unbranched alkanes of at least 4 members (excludes halogenated alkanes) is 2. The first-order chi connectivity index (χ1) is 7.99. The van der Waals surface area contributed by atoms with Gasteiger partial charge in [0.1, 0.15) is 5.78 Å². The average molecular weight is 240 g/mol. The summed E-state index contributed by atoms with van der Waals surface area (Å²) in [5.41, 5.74) is 1.02. The monoisotopic (exact) mass is 240 g/mol. The molecule has 0 aromatic heterocycles. The van der Waals surface area contributed by atoms with E-state index in [0.717, 1.165) is 44.1 Å². The minimum Gasteiger partial charge on any atom is -0.393 e. The molecule has 0 aliphatic carbocycles. The first-order valence-electron chi connectivity index (χ1n) is 6.84. The van der Waals surface area contributed by atoms with E-state index in [2.05, 4.69) is 13.5 Å². The molecule has 100 valence electrons. The van der Waals surface area contributed by atoms with Crippen molar-refractivity contribution >= 4 is 5.78 Å². The first kappa shape index (κ1) is 16.4. The Labute approximate surface area is 106 Å². The summed E-state index contributed by atoms with van der Waals surface area (Å²) in [5, 5.41) is 9.85. The highest BCUT2D eigenvalue weighted by molar-refractivity contribution is 5.78. The summed E-state index contributed by atoms with van der Waals surface area (Å²) in [7, 11) is 0. The topological polar surface area (TPSA) is 37.3 Å². The molecule has 0 aromatic rings. The van der Waals surface area contributed by atoms with Gasteiger partial charge >= 0.3 is 0 Å². The van der Waals surface area contributed by atoms with Crippen molar-refractivity contribution in [1.82, 2.24) is 0 Å². The molecule has 0 unspecified atom stereocenters. The van der Waals surface area contributed by atoms with Crippen LogP contribution in [-0.4, -0.2) is 17.0 Å². The second kappa shape index (κ2) is 9.41. The zero-order valence-electron chi connectivity index (χ0n) is 11.7. The summed E-state index contributed by atoms with van der Waals surface area (Å²) in [6.07, 6.45) is 5.79. The zero-order valence-corrected chi connectivity index (χ0v) is 11.7. The Balaban J connectivity index is 3.57. The summed E-state index contributed by atoms with van der Waals surface area (Å²) < 4.78 is 0. The highest BCUT2D eigenvalue weighted by atomic mass is 16.3. The Morgan fingerprint density at radius 2 is 1.82 bits per heavy atom. The fraction of sp³-hybridized carbons (Fsp3) is 0.800. The van der Waals surface area contributed by atoms with Crippen LogP contribution in [0.1, 0.15) is 65.7 Å². The molecule has 0 radical (unpaired) electrons. The van der Waals surface area contributed by atoms with Gasteiger partial charge in [0, 0.05) is 18.8 Å². The van der Waals surface area contributed by atoms with Crippen LogP contribution in [-0.2, 0) is 4.79 Å². The molecule has 0 spiro atoms. The third-order valence-corrected chi connectivity index (χ3v) is 3.37. The fourth-order valence-corrected chi connectivity index (χ4v) is 1.75. The Morgan fingerprint density at radius 3 is 2.35 bits per heavy atom. The number of aliphatic hydroxyl groups excluding tert-OH is 1. The van der Waals surface area contributed by atoms with E-state index < -0.39 is 0 Å². The van der Waals surface area contributed by atoms with Gasteiger partial charge in [0.2, 0.25) is 0 Å². The third-order valence-electron chi connectivity index (χ3n) is 3.37. The summed E-state index contributed by atoms with van der Waals surface area (Å²) in [5.74, 6) is 0.528. The second-order valence-electron chi connectivity index (χ2n) is 5.09. The maximum absolute atomic E-state index is 11.4. The maximum Gasteiger partial charge on any atom is 0.132 e. The molecule has 1 N–H and O–H groups in total. The minimum absolute atomic E-state index is 0.158. The molecule has 0 fully saturated rings. The molecule has 2 nitrogen and oxygen atoms in total. The fourth-order valence-electron chi connectivity index (χ4n) is 1.75. The lowest BCUT2D eigenvalue weighted by atomic mass is 9.93. The van der Waals surface area contributed by atoms with Crippen molar-refractivity contribution in [2.45, 2.75) is 71.8 Å². The summed E-state index contributed by atoms with van der Waals surface area (Å²) >= 11 is 0. The molecule has 0 bridgehead atoms. The number of rotatable bonds is 10. The molecule has 2 heteroatoms. The van der Waals surface area contributed by atoms with Crippen molar-refractivity contribution in [3.63, 3.8) is 0 Å². The van der Waals surface area contributed by atoms with Gasteiger partial charge in [-0.3, -0.25) is 4.79 Å². The van der Waals surface area contributed by atoms with Gasteiger partial charge in [-0.2, -0.15) is 0 Å².